The number of likely N-dealkylation sites (tertiary alicyclic amines) is 1. The van der Waals surface area contributed by atoms with Gasteiger partial charge in [0.2, 0.25) is 0 Å². The number of aliphatic hydroxyl groups excluding tert-OH is 1. The second kappa shape index (κ2) is 5.56. The minimum Gasteiger partial charge on any atom is -0.396 e. The van der Waals surface area contributed by atoms with Gasteiger partial charge < -0.3 is 10.8 Å². The van der Waals surface area contributed by atoms with Crippen LogP contribution in [0, 0.1) is 5.92 Å². The summed E-state index contributed by atoms with van der Waals surface area (Å²) in [6.07, 6.45) is 3.32. The number of aromatic nitrogens is 2. The van der Waals surface area contributed by atoms with Gasteiger partial charge in [-0.2, -0.15) is 0 Å². The van der Waals surface area contributed by atoms with Crippen LogP contribution >= 0.6 is 11.5 Å². The van der Waals surface area contributed by atoms with Gasteiger partial charge in [-0.3, -0.25) is 4.90 Å². The number of nitrogens with two attached hydrogens (primary N) is 1. The highest BCUT2D eigenvalue weighted by atomic mass is 32.1. The van der Waals surface area contributed by atoms with E-state index in [1.807, 2.05) is 0 Å². The predicted molar refractivity (Wildman–Crippen MR) is 64.0 cm³/mol. The Hall–Kier alpha value is -0.720. The molecule has 1 aromatic rings. The number of piperidine rings is 1. The molecule has 0 aromatic carbocycles. The van der Waals surface area contributed by atoms with Crippen molar-refractivity contribution >= 4 is 16.5 Å². The van der Waals surface area contributed by atoms with Crippen molar-refractivity contribution in [3.63, 3.8) is 0 Å². The number of rotatable bonds is 4. The molecule has 1 aliphatic heterocycles. The van der Waals surface area contributed by atoms with Gasteiger partial charge in [-0.05, 0) is 31.7 Å². The molecule has 90 valence electrons. The monoisotopic (exact) mass is 242 g/mol. The van der Waals surface area contributed by atoms with Crippen molar-refractivity contribution < 1.29 is 5.11 Å². The second-order valence-electron chi connectivity index (χ2n) is 4.34. The van der Waals surface area contributed by atoms with E-state index in [1.54, 1.807) is 0 Å². The summed E-state index contributed by atoms with van der Waals surface area (Å²) in [5, 5.41) is 13.7. The number of nitrogen functional groups attached to an aromatic ring is 1. The minimum atomic E-state index is 0.291. The maximum absolute atomic E-state index is 8.95. The van der Waals surface area contributed by atoms with E-state index in [2.05, 4.69) is 14.5 Å². The number of hydrogen-bond acceptors (Lipinski definition) is 6. The van der Waals surface area contributed by atoms with Gasteiger partial charge in [0.05, 0.1) is 0 Å². The lowest BCUT2D eigenvalue weighted by molar-refractivity contribution is 0.141. The molecule has 16 heavy (non-hydrogen) atoms. The Kier molecular flexibility index (Phi) is 4.09. The van der Waals surface area contributed by atoms with Gasteiger partial charge in [-0.15, -0.1) is 5.10 Å². The predicted octanol–water partition coefficient (Wildman–Crippen LogP) is 0.715. The third-order valence-corrected chi connectivity index (χ3v) is 3.69. The largest absolute Gasteiger partial charge is 0.396 e. The van der Waals surface area contributed by atoms with E-state index in [-0.39, 0.29) is 0 Å². The van der Waals surface area contributed by atoms with Crippen LogP contribution in [-0.4, -0.2) is 39.3 Å². The molecular formula is C10H18N4OS. The van der Waals surface area contributed by atoms with Gasteiger partial charge in [0.1, 0.15) is 10.7 Å². The average Bonchev–Trinajstić information content (AvgIpc) is 2.66. The first kappa shape index (κ1) is 11.8. The SMILES string of the molecule is Nc1snnc1CN1CCCC(CCO)C1. The summed E-state index contributed by atoms with van der Waals surface area (Å²) in [6, 6.07) is 0. The zero-order valence-corrected chi connectivity index (χ0v) is 10.1. The molecular weight excluding hydrogens is 224 g/mol. The molecule has 2 rings (SSSR count). The van der Waals surface area contributed by atoms with Gasteiger partial charge in [-0.1, -0.05) is 4.49 Å². The molecule has 1 atom stereocenters. The molecule has 1 saturated heterocycles. The van der Waals surface area contributed by atoms with E-state index in [0.29, 0.717) is 12.5 Å². The third-order valence-electron chi connectivity index (χ3n) is 3.10. The van der Waals surface area contributed by atoms with Gasteiger partial charge in [0, 0.05) is 31.2 Å². The maximum atomic E-state index is 8.95. The third kappa shape index (κ3) is 2.90. The normalized spacial score (nSPS) is 22.4. The number of nitrogens with zero attached hydrogens (tertiary/aromatic N) is 3. The molecule has 0 bridgehead atoms. The Morgan fingerprint density at radius 2 is 2.44 bits per heavy atom. The van der Waals surface area contributed by atoms with Crippen molar-refractivity contribution in [2.45, 2.75) is 25.8 Å². The Labute approximate surface area is 99.4 Å². The van der Waals surface area contributed by atoms with Crippen LogP contribution in [0.5, 0.6) is 0 Å². The highest BCUT2D eigenvalue weighted by molar-refractivity contribution is 7.09. The molecule has 0 saturated carbocycles. The fourth-order valence-electron chi connectivity index (χ4n) is 2.25. The Morgan fingerprint density at radius 3 is 3.12 bits per heavy atom. The van der Waals surface area contributed by atoms with Crippen molar-refractivity contribution in [1.29, 1.82) is 0 Å². The van der Waals surface area contributed by atoms with Crippen molar-refractivity contribution in [3.8, 4) is 0 Å². The van der Waals surface area contributed by atoms with E-state index in [4.69, 9.17) is 10.8 Å². The summed E-state index contributed by atoms with van der Waals surface area (Å²) in [5.41, 5.74) is 6.68. The number of anilines is 1. The molecule has 0 radical (unpaired) electrons. The van der Waals surface area contributed by atoms with E-state index in [0.717, 1.165) is 36.8 Å². The fraction of sp³-hybridized carbons (Fsp3) is 0.800. The lowest BCUT2D eigenvalue weighted by atomic mass is 9.95. The summed E-state index contributed by atoms with van der Waals surface area (Å²) in [7, 11) is 0. The summed E-state index contributed by atoms with van der Waals surface area (Å²) in [4.78, 5) is 2.36. The van der Waals surface area contributed by atoms with Crippen LogP contribution in [-0.2, 0) is 6.54 Å². The Bertz CT molecular complexity index is 328. The van der Waals surface area contributed by atoms with Crippen molar-refractivity contribution in [2.24, 2.45) is 5.92 Å². The highest BCUT2D eigenvalue weighted by Gasteiger charge is 2.20. The van der Waals surface area contributed by atoms with Crippen molar-refractivity contribution in [3.05, 3.63) is 5.69 Å². The summed E-state index contributed by atoms with van der Waals surface area (Å²) in [5.74, 6) is 0.617. The molecule has 5 nitrogen and oxygen atoms in total. The van der Waals surface area contributed by atoms with Crippen LogP contribution in [0.15, 0.2) is 0 Å². The zero-order chi connectivity index (χ0) is 11.4. The van der Waals surface area contributed by atoms with E-state index < -0.39 is 0 Å². The maximum Gasteiger partial charge on any atom is 0.132 e. The van der Waals surface area contributed by atoms with Crippen LogP contribution < -0.4 is 5.73 Å². The van der Waals surface area contributed by atoms with E-state index >= 15 is 0 Å². The minimum absolute atomic E-state index is 0.291. The lowest BCUT2D eigenvalue weighted by Gasteiger charge is -2.31. The first-order chi connectivity index (χ1) is 7.79. The first-order valence-corrected chi connectivity index (χ1v) is 6.47. The molecule has 0 aliphatic carbocycles. The molecule has 1 aromatic heterocycles. The molecule has 2 heterocycles. The van der Waals surface area contributed by atoms with E-state index in [1.165, 1.54) is 24.4 Å². The molecule has 3 N–H and O–H groups in total. The molecule has 0 spiro atoms. The van der Waals surface area contributed by atoms with Crippen LogP contribution in [0.3, 0.4) is 0 Å². The highest BCUT2D eigenvalue weighted by Crippen LogP contribution is 2.22. The Balaban J connectivity index is 1.88. The van der Waals surface area contributed by atoms with Crippen molar-refractivity contribution in [1.82, 2.24) is 14.5 Å². The second-order valence-corrected chi connectivity index (χ2v) is 5.13. The van der Waals surface area contributed by atoms with Gasteiger partial charge >= 0.3 is 0 Å². The molecule has 1 unspecified atom stereocenters. The van der Waals surface area contributed by atoms with Crippen LogP contribution in [0.1, 0.15) is 25.0 Å². The van der Waals surface area contributed by atoms with Gasteiger partial charge in [0.15, 0.2) is 0 Å². The summed E-state index contributed by atoms with van der Waals surface area (Å²) in [6.45, 7) is 3.22. The van der Waals surface area contributed by atoms with Gasteiger partial charge in [0.25, 0.3) is 0 Å². The summed E-state index contributed by atoms with van der Waals surface area (Å²) >= 11 is 1.25. The number of aliphatic hydroxyl groups is 1. The summed E-state index contributed by atoms with van der Waals surface area (Å²) < 4.78 is 3.84. The fourth-order valence-corrected chi connectivity index (χ4v) is 2.69. The molecule has 0 amide bonds. The van der Waals surface area contributed by atoms with E-state index in [9.17, 15) is 0 Å². The smallest absolute Gasteiger partial charge is 0.132 e. The lowest BCUT2D eigenvalue weighted by Crippen LogP contribution is -2.35. The average molecular weight is 242 g/mol. The van der Waals surface area contributed by atoms with Gasteiger partial charge in [-0.25, -0.2) is 0 Å². The standard InChI is InChI=1S/C10H18N4OS/c11-10-9(12-13-16-10)7-14-4-1-2-8(6-14)3-5-15/h8,15H,1-7,11H2. The molecule has 1 fully saturated rings. The topological polar surface area (TPSA) is 75.3 Å². The Morgan fingerprint density at radius 1 is 1.56 bits per heavy atom. The van der Waals surface area contributed by atoms with Crippen LogP contribution in [0.25, 0.3) is 0 Å². The molecule has 1 aliphatic rings. The quantitative estimate of drug-likeness (QED) is 0.813. The molecule has 6 heteroatoms. The van der Waals surface area contributed by atoms with Crippen molar-refractivity contribution in [2.75, 3.05) is 25.4 Å². The van der Waals surface area contributed by atoms with Crippen LogP contribution in [0.4, 0.5) is 5.00 Å². The first-order valence-electron chi connectivity index (χ1n) is 5.69. The number of hydrogen-bond donors (Lipinski definition) is 2. The van der Waals surface area contributed by atoms with Crippen LogP contribution in [0.2, 0.25) is 0 Å². The zero-order valence-electron chi connectivity index (χ0n) is 9.30.